The molecule has 3 aromatic heterocycles. The number of carbonyl (C=O) groups excluding carboxylic acids is 2. The smallest absolute Gasteiger partial charge is 0.357 e. The Kier molecular flexibility index (Phi) is 7.90. The molecule has 0 saturated carbocycles. The zero-order chi connectivity index (χ0) is 31.7. The van der Waals surface area contributed by atoms with Crippen molar-refractivity contribution in [2.45, 2.75) is 39.7 Å². The molecule has 0 aliphatic rings. The number of aromatic nitrogens is 4. The first-order chi connectivity index (χ1) is 21.6. The lowest BCUT2D eigenvalue weighted by atomic mass is 9.92. The van der Waals surface area contributed by atoms with Crippen LogP contribution in [0.1, 0.15) is 49.4 Å². The summed E-state index contributed by atoms with van der Waals surface area (Å²) in [6, 6.07) is 21.1. The number of nitrogens with zero attached hydrogens (tertiary/aromatic N) is 4. The third-order valence-corrected chi connectivity index (χ3v) is 8.06. The number of hydrogen-bond acceptors (Lipinski definition) is 8. The monoisotopic (exact) mass is 624 g/mol. The van der Waals surface area contributed by atoms with Gasteiger partial charge in [0.1, 0.15) is 23.1 Å². The van der Waals surface area contributed by atoms with Crippen LogP contribution in [0.4, 0.5) is 10.6 Å². The molecule has 3 N–H and O–H groups in total. The first-order valence-electron chi connectivity index (χ1n) is 14.4. The van der Waals surface area contributed by atoms with Crippen molar-refractivity contribution >= 4 is 44.3 Å². The van der Waals surface area contributed by atoms with Gasteiger partial charge in [-0.3, -0.25) is 9.72 Å². The number of urea groups is 1. The predicted octanol–water partition coefficient (Wildman–Crippen LogP) is 7.03. The molecule has 0 atom stereocenters. The van der Waals surface area contributed by atoms with Crippen molar-refractivity contribution in [3.63, 3.8) is 0 Å². The second kappa shape index (κ2) is 12.0. The average molecular weight is 625 g/mol. The van der Waals surface area contributed by atoms with Gasteiger partial charge in [0.25, 0.3) is 0 Å². The van der Waals surface area contributed by atoms with Crippen LogP contribution in [0.15, 0.2) is 79.0 Å². The number of benzene rings is 3. The molecule has 2 amide bonds. The number of ether oxygens (including phenoxy) is 2. The third-order valence-electron chi connectivity index (χ3n) is 7.04. The number of anilines is 1. The van der Waals surface area contributed by atoms with Gasteiger partial charge in [0, 0.05) is 29.7 Å². The summed E-state index contributed by atoms with van der Waals surface area (Å²) in [5.74, 6) is 1.41. The number of fused-ring (bicyclic) bond motifs is 3. The van der Waals surface area contributed by atoms with Crippen LogP contribution >= 0.6 is 11.3 Å². The Bertz CT molecular complexity index is 2020. The van der Waals surface area contributed by atoms with Crippen molar-refractivity contribution in [2.75, 3.05) is 11.9 Å². The largest absolute Gasteiger partial charge is 0.508 e. The fourth-order valence-corrected chi connectivity index (χ4v) is 5.78. The molecule has 0 saturated heterocycles. The molecule has 0 fully saturated rings. The molecule has 11 nitrogen and oxygen atoms in total. The van der Waals surface area contributed by atoms with Crippen molar-refractivity contribution in [3.8, 4) is 22.9 Å². The van der Waals surface area contributed by atoms with E-state index in [-0.39, 0.29) is 24.3 Å². The van der Waals surface area contributed by atoms with Gasteiger partial charge in [-0.1, -0.05) is 50.3 Å². The normalized spacial score (nSPS) is 11.6. The van der Waals surface area contributed by atoms with Crippen molar-refractivity contribution in [1.82, 2.24) is 24.5 Å². The fourth-order valence-electron chi connectivity index (χ4n) is 4.75. The molecule has 0 bridgehead atoms. The molecule has 230 valence electrons. The summed E-state index contributed by atoms with van der Waals surface area (Å²) >= 11 is 1.44. The lowest BCUT2D eigenvalue weighted by Crippen LogP contribution is -2.29. The lowest BCUT2D eigenvalue weighted by Gasteiger charge is -2.14. The van der Waals surface area contributed by atoms with Crippen LogP contribution in [-0.2, 0) is 16.7 Å². The highest BCUT2D eigenvalue weighted by molar-refractivity contribution is 7.23. The number of phenols is 1. The van der Waals surface area contributed by atoms with E-state index in [0.29, 0.717) is 33.7 Å². The maximum absolute atomic E-state index is 13.1. The van der Waals surface area contributed by atoms with Gasteiger partial charge < -0.3 is 19.9 Å². The number of esters is 1. The molecule has 3 heterocycles. The molecule has 6 rings (SSSR count). The molecule has 0 spiro atoms. The number of amides is 2. The molecule has 45 heavy (non-hydrogen) atoms. The second-order valence-corrected chi connectivity index (χ2v) is 12.3. The minimum absolute atomic E-state index is 0.142. The summed E-state index contributed by atoms with van der Waals surface area (Å²) in [6.45, 7) is 8.40. The number of rotatable bonds is 8. The van der Waals surface area contributed by atoms with Gasteiger partial charge in [-0.05, 0) is 49.4 Å². The number of nitrogens with one attached hydrogen (secondary N) is 2. The number of para-hydroxylation sites is 1. The first kappa shape index (κ1) is 29.7. The maximum Gasteiger partial charge on any atom is 0.357 e. The molecular weight excluding hydrogens is 592 g/mol. The van der Waals surface area contributed by atoms with E-state index in [2.05, 4.69) is 15.6 Å². The second-order valence-electron chi connectivity index (χ2n) is 11.3. The molecule has 0 aliphatic carbocycles. The number of thiazole rings is 1. The molecule has 0 aliphatic heterocycles. The van der Waals surface area contributed by atoms with E-state index < -0.39 is 12.0 Å². The van der Waals surface area contributed by atoms with E-state index in [1.54, 1.807) is 40.3 Å². The molecular formula is C33H32N6O5S. The zero-order valence-electron chi connectivity index (χ0n) is 25.2. The minimum atomic E-state index is -0.421. The Morgan fingerprint density at radius 1 is 1.02 bits per heavy atom. The summed E-state index contributed by atoms with van der Waals surface area (Å²) in [4.78, 5) is 30.6. The summed E-state index contributed by atoms with van der Waals surface area (Å²) in [5.41, 5.74) is 3.24. The quantitative estimate of drug-likeness (QED) is 0.155. The first-order valence-corrected chi connectivity index (χ1v) is 15.2. The fraction of sp³-hybridized carbons (Fsp3) is 0.212. The predicted molar refractivity (Wildman–Crippen MR) is 173 cm³/mol. The van der Waals surface area contributed by atoms with Crippen molar-refractivity contribution in [1.29, 1.82) is 0 Å². The Hall–Kier alpha value is -5.36. The third kappa shape index (κ3) is 6.18. The summed E-state index contributed by atoms with van der Waals surface area (Å²) in [7, 11) is 0. The Labute approximate surface area is 263 Å². The van der Waals surface area contributed by atoms with Gasteiger partial charge in [-0.15, -0.1) is 0 Å². The number of carbonyl (C=O) groups is 2. The van der Waals surface area contributed by atoms with Crippen molar-refractivity contribution < 1.29 is 24.2 Å². The van der Waals surface area contributed by atoms with Crippen molar-refractivity contribution in [2.24, 2.45) is 0 Å². The molecule has 3 aromatic carbocycles. The van der Waals surface area contributed by atoms with Crippen molar-refractivity contribution in [3.05, 3.63) is 95.9 Å². The number of phenolic OH excluding ortho intramolecular Hbond substituents is 1. The van der Waals surface area contributed by atoms with Crippen LogP contribution in [0, 0.1) is 0 Å². The molecule has 12 heteroatoms. The number of aromatic hydroxyl groups is 1. The highest BCUT2D eigenvalue weighted by Crippen LogP contribution is 2.33. The van der Waals surface area contributed by atoms with Gasteiger partial charge >= 0.3 is 12.0 Å². The average Bonchev–Trinajstić information content (AvgIpc) is 3.71. The molecule has 0 unspecified atom stereocenters. The van der Waals surface area contributed by atoms with E-state index in [9.17, 15) is 14.7 Å². The standard InChI is InChI=1S/C33H32N6O5S/c1-5-43-30(41)25-19-35-32-38(25)24-15-14-23(16-27(24)45-32)44-26-9-7-6-8-20(26)18-34-31(42)36-29-17-28(33(2,3)4)37-39(29)21-10-12-22(40)13-11-21/h6-17,19,40H,5,18H2,1-4H3,(H2,34,36,42). The summed E-state index contributed by atoms with van der Waals surface area (Å²) in [5, 5.41) is 20.3. The van der Waals surface area contributed by atoms with Gasteiger partial charge in [-0.2, -0.15) is 5.10 Å². The number of imidazole rings is 1. The van der Waals surface area contributed by atoms with Crippen LogP contribution in [0.5, 0.6) is 17.2 Å². The summed E-state index contributed by atoms with van der Waals surface area (Å²) in [6.07, 6.45) is 1.53. The molecule has 6 aromatic rings. The highest BCUT2D eigenvalue weighted by Gasteiger charge is 2.22. The van der Waals surface area contributed by atoms with E-state index in [0.717, 1.165) is 21.5 Å². The van der Waals surface area contributed by atoms with Gasteiger partial charge in [0.15, 0.2) is 10.7 Å². The number of hydrogen-bond donors (Lipinski definition) is 3. The minimum Gasteiger partial charge on any atom is -0.508 e. The van der Waals surface area contributed by atoms with E-state index in [1.165, 1.54) is 17.5 Å². The Morgan fingerprint density at radius 2 is 1.80 bits per heavy atom. The SMILES string of the molecule is CCOC(=O)c1cnc2sc3cc(Oc4ccccc4CNC(=O)Nc4cc(C(C)(C)C)nn4-c4ccc(O)cc4)ccc3n12. The Balaban J connectivity index is 1.18. The van der Waals surface area contributed by atoms with Gasteiger partial charge in [0.2, 0.25) is 0 Å². The van der Waals surface area contributed by atoms with Gasteiger partial charge in [-0.25, -0.2) is 19.3 Å². The summed E-state index contributed by atoms with van der Waals surface area (Å²) < 4.78 is 15.8. The van der Waals surface area contributed by atoms with Crippen LogP contribution in [0.25, 0.3) is 20.9 Å². The van der Waals surface area contributed by atoms with Crippen LogP contribution in [0.2, 0.25) is 0 Å². The highest BCUT2D eigenvalue weighted by atomic mass is 32.1. The van der Waals surface area contributed by atoms with Crippen LogP contribution < -0.4 is 15.4 Å². The van der Waals surface area contributed by atoms with Crippen LogP contribution in [-0.4, -0.2) is 42.9 Å². The Morgan fingerprint density at radius 3 is 2.56 bits per heavy atom. The lowest BCUT2D eigenvalue weighted by molar-refractivity contribution is 0.0518. The van der Waals surface area contributed by atoms with E-state index in [1.807, 2.05) is 69.3 Å². The zero-order valence-corrected chi connectivity index (χ0v) is 26.0. The van der Waals surface area contributed by atoms with E-state index >= 15 is 0 Å². The maximum atomic E-state index is 13.1. The van der Waals surface area contributed by atoms with E-state index in [4.69, 9.17) is 14.6 Å². The van der Waals surface area contributed by atoms with Crippen LogP contribution in [0.3, 0.4) is 0 Å². The van der Waals surface area contributed by atoms with Gasteiger partial charge in [0.05, 0.1) is 34.4 Å². The molecule has 0 radical (unpaired) electrons. The topological polar surface area (TPSA) is 132 Å².